The highest BCUT2D eigenvalue weighted by molar-refractivity contribution is 5.98. The lowest BCUT2D eigenvalue weighted by Gasteiger charge is -2.28. The van der Waals surface area contributed by atoms with Gasteiger partial charge in [-0.3, -0.25) is 0 Å². The third-order valence-corrected chi connectivity index (χ3v) is 9.77. The van der Waals surface area contributed by atoms with Crippen LogP contribution in [-0.4, -0.2) is 0 Å². The summed E-state index contributed by atoms with van der Waals surface area (Å²) in [4.78, 5) is 1.90. The number of para-hydroxylation sites is 1. The number of rotatable bonds is 8. The molecule has 53 heavy (non-hydrogen) atoms. The van der Waals surface area contributed by atoms with Crippen molar-refractivity contribution in [3.63, 3.8) is 0 Å². The molecule has 0 amide bonds. The van der Waals surface area contributed by atoms with Crippen LogP contribution in [0.4, 0.5) is 17.1 Å². The summed E-state index contributed by atoms with van der Waals surface area (Å²) >= 11 is 0. The highest BCUT2D eigenvalue weighted by Crippen LogP contribution is 2.43. The van der Waals surface area contributed by atoms with Crippen molar-refractivity contribution in [2.24, 2.45) is 0 Å². The molecule has 0 radical (unpaired) electrons. The van der Waals surface area contributed by atoms with E-state index in [1.807, 2.05) is 126 Å². The Balaban J connectivity index is 1.23. The monoisotopic (exact) mass is 679 g/mol. The maximum Gasteiger partial charge on any atom is 0.0645 e. The van der Waals surface area contributed by atoms with Gasteiger partial charge in [0.25, 0.3) is 0 Å². The molecule has 250 valence electrons. The molecule has 1 heteroatoms. The summed E-state index contributed by atoms with van der Waals surface area (Å²) < 4.78 is 38.1. The molecule has 0 saturated heterocycles. The van der Waals surface area contributed by atoms with Gasteiger partial charge in [-0.05, 0) is 91.1 Å². The van der Waals surface area contributed by atoms with E-state index < -0.39 is 0 Å². The summed E-state index contributed by atoms with van der Waals surface area (Å²) in [6.07, 6.45) is 0. The molecule has 0 heterocycles. The standard InChI is InChI=1S/C52H37N/c1-3-13-38(14-4-1)40-25-27-42(28-26-40)43-33-35-47(36-34-43)53(48-20-11-19-46(37-48)50-23-12-18-44-17-7-8-21-49(44)50)52-24-10-9-22-51(52)45-31-29-41(30-32-45)39-15-5-2-6-16-39/h1-37H/i33D,34D,35D,36D. The van der Waals surface area contributed by atoms with E-state index in [0.717, 1.165) is 66.7 Å². The fourth-order valence-electron chi connectivity index (χ4n) is 7.09. The minimum Gasteiger partial charge on any atom is -0.310 e. The van der Waals surface area contributed by atoms with E-state index in [-0.39, 0.29) is 35.4 Å². The molecule has 0 aromatic heterocycles. The van der Waals surface area contributed by atoms with Gasteiger partial charge in [0, 0.05) is 16.9 Å². The van der Waals surface area contributed by atoms with Crippen LogP contribution in [0.15, 0.2) is 224 Å². The van der Waals surface area contributed by atoms with Gasteiger partial charge in [-0.25, -0.2) is 0 Å². The maximum absolute atomic E-state index is 9.62. The lowest BCUT2D eigenvalue weighted by atomic mass is 9.96. The molecule has 0 saturated carbocycles. The number of anilines is 3. The fourth-order valence-corrected chi connectivity index (χ4v) is 7.09. The summed E-state index contributed by atoms with van der Waals surface area (Å²) in [5.41, 5.74) is 10.7. The molecule has 0 aliphatic carbocycles. The molecule has 9 rings (SSSR count). The van der Waals surface area contributed by atoms with Crippen molar-refractivity contribution in [3.8, 4) is 55.6 Å². The van der Waals surface area contributed by atoms with Crippen LogP contribution in [0.25, 0.3) is 66.4 Å². The Labute approximate surface area is 317 Å². The maximum atomic E-state index is 9.62. The Bertz CT molecular complexity index is 2840. The zero-order chi connectivity index (χ0) is 38.9. The minimum atomic E-state index is -0.122. The zero-order valence-corrected chi connectivity index (χ0v) is 29.0. The lowest BCUT2D eigenvalue weighted by molar-refractivity contribution is 1.28. The molecule has 0 spiro atoms. The van der Waals surface area contributed by atoms with E-state index >= 15 is 0 Å². The summed E-state index contributed by atoms with van der Waals surface area (Å²) in [5.74, 6) is 0. The average molecular weight is 680 g/mol. The molecule has 0 aliphatic rings. The number of benzene rings is 9. The van der Waals surface area contributed by atoms with Gasteiger partial charge < -0.3 is 4.90 Å². The molecular weight excluding hydrogens is 639 g/mol. The van der Waals surface area contributed by atoms with Crippen molar-refractivity contribution >= 4 is 27.8 Å². The summed E-state index contributed by atoms with van der Waals surface area (Å²) in [7, 11) is 0. The molecule has 0 atom stereocenters. The summed E-state index contributed by atoms with van der Waals surface area (Å²) in [6.45, 7) is 0. The van der Waals surface area contributed by atoms with Crippen molar-refractivity contribution in [3.05, 3.63) is 224 Å². The van der Waals surface area contributed by atoms with Crippen LogP contribution in [0.2, 0.25) is 0 Å². The average Bonchev–Trinajstić information content (AvgIpc) is 3.28. The van der Waals surface area contributed by atoms with Gasteiger partial charge in [0.2, 0.25) is 0 Å². The smallest absolute Gasteiger partial charge is 0.0645 e. The van der Waals surface area contributed by atoms with E-state index in [0.29, 0.717) is 5.56 Å². The Morgan fingerprint density at radius 2 is 0.774 bits per heavy atom. The minimum absolute atomic E-state index is 0.0987. The first-order valence-corrected chi connectivity index (χ1v) is 17.9. The zero-order valence-electron chi connectivity index (χ0n) is 33.0. The first-order chi connectivity index (χ1) is 28.0. The second kappa shape index (κ2) is 14.3. The Morgan fingerprint density at radius 1 is 0.302 bits per heavy atom. The van der Waals surface area contributed by atoms with Crippen LogP contribution in [0.5, 0.6) is 0 Å². The van der Waals surface area contributed by atoms with E-state index in [1.54, 1.807) is 0 Å². The van der Waals surface area contributed by atoms with Crippen LogP contribution in [-0.2, 0) is 0 Å². The van der Waals surface area contributed by atoms with E-state index in [2.05, 4.69) is 78.9 Å². The molecule has 9 aromatic carbocycles. The van der Waals surface area contributed by atoms with Crippen molar-refractivity contribution in [1.82, 2.24) is 0 Å². The van der Waals surface area contributed by atoms with E-state index in [1.165, 1.54) is 0 Å². The third-order valence-electron chi connectivity index (χ3n) is 9.77. The van der Waals surface area contributed by atoms with Crippen molar-refractivity contribution < 1.29 is 5.48 Å². The predicted octanol–water partition coefficient (Wildman–Crippen LogP) is 14.6. The van der Waals surface area contributed by atoms with E-state index in [9.17, 15) is 5.48 Å². The molecule has 1 nitrogen and oxygen atoms in total. The first kappa shape index (κ1) is 27.7. The SMILES string of the molecule is [2H]c1c([2H])c(N(c2cccc(-c3cccc4ccccc34)c2)c2ccccc2-c2ccc(-c3ccccc3)cc2)c([2H])c([2H])c1-c1ccc(-c2ccccc2)cc1. The normalized spacial score (nSPS) is 12.1. The van der Waals surface area contributed by atoms with Crippen LogP contribution < -0.4 is 4.90 Å². The molecule has 0 fully saturated rings. The summed E-state index contributed by atoms with van der Waals surface area (Å²) in [5, 5.41) is 2.25. The Morgan fingerprint density at radius 3 is 1.45 bits per heavy atom. The van der Waals surface area contributed by atoms with Gasteiger partial charge in [0.1, 0.15) is 0 Å². The van der Waals surface area contributed by atoms with Gasteiger partial charge in [-0.15, -0.1) is 0 Å². The van der Waals surface area contributed by atoms with Crippen LogP contribution in [0.3, 0.4) is 0 Å². The third kappa shape index (κ3) is 6.53. The van der Waals surface area contributed by atoms with Gasteiger partial charge in [0.05, 0.1) is 11.2 Å². The van der Waals surface area contributed by atoms with Gasteiger partial charge in [-0.2, -0.15) is 0 Å². The largest absolute Gasteiger partial charge is 0.310 e. The highest BCUT2D eigenvalue weighted by atomic mass is 15.1. The van der Waals surface area contributed by atoms with Crippen molar-refractivity contribution in [2.75, 3.05) is 4.90 Å². The summed E-state index contributed by atoms with van der Waals surface area (Å²) in [6, 6.07) is 66.7. The highest BCUT2D eigenvalue weighted by Gasteiger charge is 2.18. The molecular formula is C52H37N. The van der Waals surface area contributed by atoms with Gasteiger partial charge in [0.15, 0.2) is 0 Å². The molecule has 0 aliphatic heterocycles. The molecule has 0 unspecified atom stereocenters. The number of nitrogens with zero attached hydrogens (tertiary/aromatic N) is 1. The molecule has 0 N–H and O–H groups in total. The number of hydrogen-bond donors (Lipinski definition) is 0. The Kier molecular flexibility index (Phi) is 7.50. The fraction of sp³-hybridized carbons (Fsp3) is 0. The van der Waals surface area contributed by atoms with Crippen LogP contribution in [0, 0.1) is 0 Å². The van der Waals surface area contributed by atoms with Gasteiger partial charge >= 0.3 is 0 Å². The molecule has 0 bridgehead atoms. The van der Waals surface area contributed by atoms with Gasteiger partial charge in [-0.1, -0.05) is 194 Å². The number of fused-ring (bicyclic) bond motifs is 1. The van der Waals surface area contributed by atoms with Crippen molar-refractivity contribution in [2.45, 2.75) is 0 Å². The first-order valence-electron chi connectivity index (χ1n) is 19.9. The Hall–Kier alpha value is -6.96. The predicted molar refractivity (Wildman–Crippen MR) is 226 cm³/mol. The quantitative estimate of drug-likeness (QED) is 0.154. The molecule has 9 aromatic rings. The second-order valence-electron chi connectivity index (χ2n) is 13.0. The van der Waals surface area contributed by atoms with Crippen LogP contribution in [0.1, 0.15) is 5.48 Å². The van der Waals surface area contributed by atoms with Crippen molar-refractivity contribution in [1.29, 1.82) is 0 Å². The second-order valence-corrected chi connectivity index (χ2v) is 13.0. The van der Waals surface area contributed by atoms with E-state index in [4.69, 9.17) is 0 Å². The number of hydrogen-bond acceptors (Lipinski definition) is 1. The lowest BCUT2D eigenvalue weighted by Crippen LogP contribution is -2.11. The topological polar surface area (TPSA) is 3.24 Å². The van der Waals surface area contributed by atoms with Crippen LogP contribution >= 0.6 is 0 Å².